The fraction of sp³-hybridized carbons (Fsp3) is 0.0455. The number of aryl methyl sites for hydroxylation is 1. The van der Waals surface area contributed by atoms with Crippen LogP contribution < -0.4 is 5.56 Å². The van der Waals surface area contributed by atoms with Crippen LogP contribution in [-0.2, 0) is 0 Å². The van der Waals surface area contributed by atoms with Crippen LogP contribution in [0.15, 0.2) is 88.8 Å². The van der Waals surface area contributed by atoms with Crippen LogP contribution in [-0.4, -0.2) is 15.9 Å². The predicted octanol–water partition coefficient (Wildman–Crippen LogP) is 4.25. The van der Waals surface area contributed by atoms with Crippen LogP contribution in [0.5, 0.6) is 0 Å². The summed E-state index contributed by atoms with van der Waals surface area (Å²) in [6, 6.07) is 24.9. The largest absolute Gasteiger partial charge is 0.282 e. The van der Waals surface area contributed by atoms with Crippen molar-refractivity contribution < 1.29 is 0 Å². The minimum atomic E-state index is -0.180. The van der Waals surface area contributed by atoms with Gasteiger partial charge in [0.25, 0.3) is 5.56 Å². The highest BCUT2D eigenvalue weighted by Gasteiger charge is 2.13. The molecule has 0 radical (unpaired) electrons. The Morgan fingerprint density at radius 3 is 2.38 bits per heavy atom. The second-order valence-corrected chi connectivity index (χ2v) is 6.04. The van der Waals surface area contributed by atoms with Gasteiger partial charge in [0.2, 0.25) is 0 Å². The first kappa shape index (κ1) is 16.0. The second-order valence-electron chi connectivity index (χ2n) is 6.04. The van der Waals surface area contributed by atoms with E-state index in [4.69, 9.17) is 4.98 Å². The van der Waals surface area contributed by atoms with E-state index in [0.29, 0.717) is 16.7 Å². The third-order valence-corrected chi connectivity index (χ3v) is 4.26. The molecule has 4 heteroatoms. The summed E-state index contributed by atoms with van der Waals surface area (Å²) in [6.07, 6.45) is 1.68. The van der Waals surface area contributed by atoms with Gasteiger partial charge in [0.1, 0.15) is 0 Å². The van der Waals surface area contributed by atoms with E-state index in [1.807, 2.05) is 79.7 Å². The molecule has 4 rings (SSSR count). The summed E-state index contributed by atoms with van der Waals surface area (Å²) >= 11 is 0. The number of benzene rings is 3. The van der Waals surface area contributed by atoms with Gasteiger partial charge in [-0.15, -0.1) is 0 Å². The Labute approximate surface area is 151 Å². The lowest BCUT2D eigenvalue weighted by atomic mass is 10.1. The SMILES string of the molecule is Cc1ccccc1-c1nc2ccccc2c(=O)n1N=Cc1ccccc1. The van der Waals surface area contributed by atoms with E-state index in [2.05, 4.69) is 5.10 Å². The van der Waals surface area contributed by atoms with E-state index in [-0.39, 0.29) is 5.56 Å². The van der Waals surface area contributed by atoms with Crippen molar-refractivity contribution >= 4 is 17.1 Å². The summed E-state index contributed by atoms with van der Waals surface area (Å²) in [5.41, 5.74) is 3.34. The van der Waals surface area contributed by atoms with Crippen LogP contribution in [0.4, 0.5) is 0 Å². The maximum absolute atomic E-state index is 13.1. The first-order chi connectivity index (χ1) is 12.7. The number of aromatic nitrogens is 2. The lowest BCUT2D eigenvalue weighted by molar-refractivity contribution is 0.828. The van der Waals surface area contributed by atoms with Crippen molar-refractivity contribution in [2.24, 2.45) is 5.10 Å². The number of rotatable bonds is 3. The third-order valence-electron chi connectivity index (χ3n) is 4.26. The Bertz CT molecular complexity index is 1160. The van der Waals surface area contributed by atoms with Gasteiger partial charge < -0.3 is 0 Å². The van der Waals surface area contributed by atoms with Gasteiger partial charge >= 0.3 is 0 Å². The minimum Gasteiger partial charge on any atom is -0.267 e. The van der Waals surface area contributed by atoms with Gasteiger partial charge in [0.15, 0.2) is 5.82 Å². The zero-order valence-electron chi connectivity index (χ0n) is 14.3. The summed E-state index contributed by atoms with van der Waals surface area (Å²) in [6.45, 7) is 2.00. The molecule has 0 aliphatic heterocycles. The predicted molar refractivity (Wildman–Crippen MR) is 106 cm³/mol. The van der Waals surface area contributed by atoms with Crippen molar-refractivity contribution in [2.45, 2.75) is 6.92 Å². The second kappa shape index (κ2) is 6.76. The molecule has 26 heavy (non-hydrogen) atoms. The zero-order chi connectivity index (χ0) is 17.9. The summed E-state index contributed by atoms with van der Waals surface area (Å²) in [5, 5.41) is 5.01. The zero-order valence-corrected chi connectivity index (χ0v) is 14.3. The van der Waals surface area contributed by atoms with Crippen LogP contribution in [0.3, 0.4) is 0 Å². The Morgan fingerprint density at radius 1 is 0.885 bits per heavy atom. The number of para-hydroxylation sites is 1. The standard InChI is InChI=1S/C22H17N3O/c1-16-9-5-6-12-18(16)21-24-20-14-8-7-13-19(20)22(26)25(21)23-15-17-10-3-2-4-11-17/h2-15H,1H3. The van der Waals surface area contributed by atoms with E-state index < -0.39 is 0 Å². The molecular weight excluding hydrogens is 322 g/mol. The van der Waals surface area contributed by atoms with Crippen molar-refractivity contribution in [1.29, 1.82) is 0 Å². The van der Waals surface area contributed by atoms with Gasteiger partial charge in [0, 0.05) is 5.56 Å². The highest BCUT2D eigenvalue weighted by molar-refractivity contribution is 5.82. The molecule has 0 amide bonds. The molecule has 0 atom stereocenters. The average Bonchev–Trinajstić information content (AvgIpc) is 2.68. The lowest BCUT2D eigenvalue weighted by Gasteiger charge is -2.11. The summed E-state index contributed by atoms with van der Waals surface area (Å²) in [4.78, 5) is 17.8. The number of hydrogen-bond acceptors (Lipinski definition) is 3. The smallest absolute Gasteiger partial charge is 0.267 e. The average molecular weight is 339 g/mol. The van der Waals surface area contributed by atoms with Crippen LogP contribution >= 0.6 is 0 Å². The Kier molecular flexibility index (Phi) is 4.15. The minimum absolute atomic E-state index is 0.180. The molecule has 3 aromatic carbocycles. The number of fused-ring (bicyclic) bond motifs is 1. The molecule has 0 fully saturated rings. The lowest BCUT2D eigenvalue weighted by Crippen LogP contribution is -2.20. The molecular formula is C22H17N3O. The topological polar surface area (TPSA) is 47.2 Å². The summed E-state index contributed by atoms with van der Waals surface area (Å²) in [7, 11) is 0. The quantitative estimate of drug-likeness (QED) is 0.524. The molecule has 0 aliphatic rings. The monoisotopic (exact) mass is 339 g/mol. The Balaban J connectivity index is 1.99. The normalized spacial score (nSPS) is 11.3. The number of nitrogens with zero attached hydrogens (tertiary/aromatic N) is 3. The van der Waals surface area contributed by atoms with Crippen molar-refractivity contribution in [2.75, 3.05) is 0 Å². The highest BCUT2D eigenvalue weighted by atomic mass is 16.1. The van der Waals surface area contributed by atoms with E-state index in [1.165, 1.54) is 4.68 Å². The van der Waals surface area contributed by atoms with Crippen molar-refractivity contribution in [3.63, 3.8) is 0 Å². The van der Waals surface area contributed by atoms with Crippen molar-refractivity contribution in [3.05, 3.63) is 100 Å². The van der Waals surface area contributed by atoms with E-state index in [9.17, 15) is 4.79 Å². The fourth-order valence-electron chi connectivity index (χ4n) is 2.89. The van der Waals surface area contributed by atoms with Crippen molar-refractivity contribution in [1.82, 2.24) is 9.66 Å². The molecule has 0 aliphatic carbocycles. The summed E-state index contributed by atoms with van der Waals surface area (Å²) < 4.78 is 1.39. The molecule has 0 bridgehead atoms. The molecule has 4 aromatic rings. The highest BCUT2D eigenvalue weighted by Crippen LogP contribution is 2.22. The first-order valence-electron chi connectivity index (χ1n) is 8.41. The molecule has 0 saturated carbocycles. The number of hydrogen-bond donors (Lipinski definition) is 0. The molecule has 0 saturated heterocycles. The van der Waals surface area contributed by atoms with Crippen LogP contribution in [0.2, 0.25) is 0 Å². The van der Waals surface area contributed by atoms with E-state index in [1.54, 1.807) is 12.3 Å². The molecule has 0 N–H and O–H groups in total. The van der Waals surface area contributed by atoms with E-state index in [0.717, 1.165) is 16.7 Å². The summed E-state index contributed by atoms with van der Waals surface area (Å²) in [5.74, 6) is 0.541. The van der Waals surface area contributed by atoms with Gasteiger partial charge in [0.05, 0.1) is 17.1 Å². The van der Waals surface area contributed by atoms with Gasteiger partial charge in [-0.3, -0.25) is 4.79 Å². The van der Waals surface area contributed by atoms with Crippen LogP contribution in [0.1, 0.15) is 11.1 Å². The van der Waals surface area contributed by atoms with Crippen LogP contribution in [0, 0.1) is 6.92 Å². The van der Waals surface area contributed by atoms with E-state index >= 15 is 0 Å². The van der Waals surface area contributed by atoms with Gasteiger partial charge in [-0.25, -0.2) is 4.98 Å². The van der Waals surface area contributed by atoms with Gasteiger partial charge in [-0.05, 0) is 30.2 Å². The Morgan fingerprint density at radius 2 is 1.58 bits per heavy atom. The molecule has 126 valence electrons. The molecule has 0 unspecified atom stereocenters. The van der Waals surface area contributed by atoms with Gasteiger partial charge in [-0.2, -0.15) is 9.78 Å². The molecule has 1 aromatic heterocycles. The third kappa shape index (κ3) is 2.93. The molecule has 4 nitrogen and oxygen atoms in total. The molecule has 1 heterocycles. The molecule has 0 spiro atoms. The Hall–Kier alpha value is -3.53. The maximum Gasteiger partial charge on any atom is 0.282 e. The maximum atomic E-state index is 13.1. The first-order valence-corrected chi connectivity index (χ1v) is 8.41. The van der Waals surface area contributed by atoms with Crippen LogP contribution in [0.25, 0.3) is 22.3 Å². The van der Waals surface area contributed by atoms with Gasteiger partial charge in [-0.1, -0.05) is 66.7 Å². The van der Waals surface area contributed by atoms with Crippen molar-refractivity contribution in [3.8, 4) is 11.4 Å². The fourth-order valence-corrected chi connectivity index (χ4v) is 2.89.